The molecule has 6 nitrogen and oxygen atoms in total. The Hall–Kier alpha value is -1.85. The molecule has 1 aliphatic carbocycles. The van der Waals surface area contributed by atoms with Crippen LogP contribution < -0.4 is 0 Å². The molecular weight excluding hydrogens is 222 g/mol. The van der Waals surface area contributed by atoms with Gasteiger partial charge in [0.25, 0.3) is 5.91 Å². The number of aryl methyl sites for hydroxylation is 1. The van der Waals surface area contributed by atoms with E-state index < -0.39 is 12.0 Å². The number of carboxylic acids is 1. The highest BCUT2D eigenvalue weighted by Gasteiger charge is 2.39. The molecule has 1 N–H and O–H groups in total. The van der Waals surface area contributed by atoms with Crippen molar-refractivity contribution in [3.05, 3.63) is 18.0 Å². The Morgan fingerprint density at radius 2 is 2.24 bits per heavy atom. The summed E-state index contributed by atoms with van der Waals surface area (Å²) in [6, 6.07) is -0.732. The lowest BCUT2D eigenvalue weighted by molar-refractivity contribution is -0.141. The van der Waals surface area contributed by atoms with Gasteiger partial charge in [-0.15, -0.1) is 0 Å². The van der Waals surface area contributed by atoms with Crippen LogP contribution in [0.2, 0.25) is 0 Å². The maximum atomic E-state index is 12.2. The molecule has 6 heteroatoms. The topological polar surface area (TPSA) is 75.4 Å². The van der Waals surface area contributed by atoms with Crippen molar-refractivity contribution in [2.45, 2.75) is 31.8 Å². The fraction of sp³-hybridized carbons (Fsp3) is 0.545. The van der Waals surface area contributed by atoms with Crippen LogP contribution in [0, 0.1) is 0 Å². The number of hydrogen-bond donors (Lipinski definition) is 1. The van der Waals surface area contributed by atoms with E-state index in [1.54, 1.807) is 13.2 Å². The van der Waals surface area contributed by atoms with E-state index in [4.69, 9.17) is 5.11 Å². The summed E-state index contributed by atoms with van der Waals surface area (Å²) in [5.74, 6) is -1.23. The summed E-state index contributed by atoms with van der Waals surface area (Å²) >= 11 is 0. The number of hydrogen-bond acceptors (Lipinski definition) is 3. The second kappa shape index (κ2) is 4.20. The highest BCUT2D eigenvalue weighted by Crippen LogP contribution is 2.30. The van der Waals surface area contributed by atoms with Gasteiger partial charge < -0.3 is 10.0 Å². The second-order valence-corrected chi connectivity index (χ2v) is 4.36. The Morgan fingerprint density at radius 3 is 2.65 bits per heavy atom. The van der Waals surface area contributed by atoms with E-state index in [0.717, 1.165) is 12.8 Å². The van der Waals surface area contributed by atoms with Gasteiger partial charge in [0, 0.05) is 19.3 Å². The maximum absolute atomic E-state index is 12.2. The molecule has 0 radical (unpaired) electrons. The minimum absolute atomic E-state index is 0.0637. The Bertz CT molecular complexity index is 451. The van der Waals surface area contributed by atoms with Gasteiger partial charge in [-0.1, -0.05) is 0 Å². The predicted molar refractivity (Wildman–Crippen MR) is 59.5 cm³/mol. The van der Waals surface area contributed by atoms with Crippen molar-refractivity contribution < 1.29 is 14.7 Å². The van der Waals surface area contributed by atoms with Crippen molar-refractivity contribution in [3.8, 4) is 0 Å². The maximum Gasteiger partial charge on any atom is 0.326 e. The molecule has 1 amide bonds. The Balaban J connectivity index is 2.21. The molecule has 0 aromatic carbocycles. The van der Waals surface area contributed by atoms with Gasteiger partial charge >= 0.3 is 5.97 Å². The minimum Gasteiger partial charge on any atom is -0.480 e. The molecule has 1 unspecified atom stereocenters. The third-order valence-corrected chi connectivity index (χ3v) is 2.90. The van der Waals surface area contributed by atoms with Crippen LogP contribution in [0.15, 0.2) is 12.4 Å². The Labute approximate surface area is 98.8 Å². The van der Waals surface area contributed by atoms with Crippen LogP contribution in [0.5, 0.6) is 0 Å². The third-order valence-electron chi connectivity index (χ3n) is 2.90. The van der Waals surface area contributed by atoms with Crippen LogP contribution in [0.25, 0.3) is 0 Å². The second-order valence-electron chi connectivity index (χ2n) is 4.36. The third kappa shape index (κ3) is 2.30. The minimum atomic E-state index is -0.978. The SMILES string of the molecule is CC(C(=O)O)N(C(=O)c1cnn(C)c1)C1CC1. The van der Waals surface area contributed by atoms with E-state index in [1.807, 2.05) is 0 Å². The number of amides is 1. The van der Waals surface area contributed by atoms with Crippen LogP contribution in [0.1, 0.15) is 30.1 Å². The summed E-state index contributed by atoms with van der Waals surface area (Å²) in [7, 11) is 1.72. The zero-order valence-corrected chi connectivity index (χ0v) is 9.83. The van der Waals surface area contributed by atoms with Crippen LogP contribution in [-0.2, 0) is 11.8 Å². The fourth-order valence-corrected chi connectivity index (χ4v) is 1.81. The lowest BCUT2D eigenvalue weighted by atomic mass is 10.2. The monoisotopic (exact) mass is 237 g/mol. The molecule has 1 saturated carbocycles. The largest absolute Gasteiger partial charge is 0.480 e. The zero-order chi connectivity index (χ0) is 12.6. The standard InChI is InChI=1S/C11H15N3O3/c1-7(11(16)17)14(9-3-4-9)10(15)8-5-12-13(2)6-8/h5-7,9H,3-4H2,1-2H3,(H,16,17). The molecule has 1 aromatic rings. The van der Waals surface area contributed by atoms with E-state index in [1.165, 1.54) is 22.7 Å². The Morgan fingerprint density at radius 1 is 1.59 bits per heavy atom. The molecule has 1 aromatic heterocycles. The van der Waals surface area contributed by atoms with Gasteiger partial charge in [-0.25, -0.2) is 4.79 Å². The lowest BCUT2D eigenvalue weighted by Gasteiger charge is -2.25. The number of aromatic nitrogens is 2. The molecule has 17 heavy (non-hydrogen) atoms. The molecular formula is C11H15N3O3. The predicted octanol–water partition coefficient (Wildman–Crippen LogP) is 0.498. The quantitative estimate of drug-likeness (QED) is 0.827. The molecule has 1 fully saturated rings. The fourth-order valence-electron chi connectivity index (χ4n) is 1.81. The number of rotatable bonds is 4. The summed E-state index contributed by atoms with van der Waals surface area (Å²) in [5.41, 5.74) is 0.438. The van der Waals surface area contributed by atoms with Crippen molar-refractivity contribution >= 4 is 11.9 Å². The molecule has 92 valence electrons. The summed E-state index contributed by atoms with van der Waals surface area (Å²) in [5, 5.41) is 12.9. The van der Waals surface area contributed by atoms with Crippen molar-refractivity contribution in [2.24, 2.45) is 7.05 Å². The molecule has 2 rings (SSSR count). The van der Waals surface area contributed by atoms with Gasteiger partial charge in [-0.2, -0.15) is 5.10 Å². The molecule has 1 atom stereocenters. The van der Waals surface area contributed by atoms with Crippen LogP contribution >= 0.6 is 0 Å². The van der Waals surface area contributed by atoms with Gasteiger partial charge in [0.1, 0.15) is 6.04 Å². The van der Waals surface area contributed by atoms with Gasteiger partial charge in [0.15, 0.2) is 0 Å². The first-order valence-electron chi connectivity index (χ1n) is 5.55. The van der Waals surface area contributed by atoms with Crippen molar-refractivity contribution in [1.29, 1.82) is 0 Å². The van der Waals surface area contributed by atoms with Crippen molar-refractivity contribution in [2.75, 3.05) is 0 Å². The van der Waals surface area contributed by atoms with E-state index in [0.29, 0.717) is 5.56 Å². The lowest BCUT2D eigenvalue weighted by Crippen LogP contribution is -2.44. The first-order chi connectivity index (χ1) is 8.00. The average molecular weight is 237 g/mol. The van der Waals surface area contributed by atoms with E-state index >= 15 is 0 Å². The number of nitrogens with zero attached hydrogens (tertiary/aromatic N) is 3. The van der Waals surface area contributed by atoms with Gasteiger partial charge in [0.05, 0.1) is 11.8 Å². The molecule has 0 bridgehead atoms. The Kier molecular flexibility index (Phi) is 2.87. The molecule has 0 aliphatic heterocycles. The van der Waals surface area contributed by atoms with Crippen LogP contribution in [-0.4, -0.2) is 43.7 Å². The zero-order valence-electron chi connectivity index (χ0n) is 9.83. The summed E-state index contributed by atoms with van der Waals surface area (Å²) in [6.45, 7) is 1.54. The first-order valence-corrected chi connectivity index (χ1v) is 5.55. The highest BCUT2D eigenvalue weighted by molar-refractivity contribution is 5.96. The molecule has 1 heterocycles. The van der Waals surface area contributed by atoms with Crippen molar-refractivity contribution in [3.63, 3.8) is 0 Å². The molecule has 0 saturated heterocycles. The van der Waals surface area contributed by atoms with Crippen LogP contribution in [0.3, 0.4) is 0 Å². The summed E-state index contributed by atoms with van der Waals surface area (Å²) in [4.78, 5) is 24.6. The number of carbonyl (C=O) groups excluding carboxylic acids is 1. The van der Waals surface area contributed by atoms with E-state index in [9.17, 15) is 9.59 Å². The van der Waals surface area contributed by atoms with Crippen molar-refractivity contribution in [1.82, 2.24) is 14.7 Å². The summed E-state index contributed by atoms with van der Waals surface area (Å²) in [6.07, 6.45) is 4.83. The van der Waals surface area contributed by atoms with E-state index in [-0.39, 0.29) is 11.9 Å². The van der Waals surface area contributed by atoms with Gasteiger partial charge in [-0.05, 0) is 19.8 Å². The molecule has 1 aliphatic rings. The highest BCUT2D eigenvalue weighted by atomic mass is 16.4. The first kappa shape index (κ1) is 11.6. The van der Waals surface area contributed by atoms with Gasteiger partial charge in [0.2, 0.25) is 0 Å². The van der Waals surface area contributed by atoms with Crippen LogP contribution in [0.4, 0.5) is 0 Å². The summed E-state index contributed by atoms with van der Waals surface area (Å²) < 4.78 is 1.53. The van der Waals surface area contributed by atoms with E-state index in [2.05, 4.69) is 5.10 Å². The number of carbonyl (C=O) groups is 2. The molecule has 0 spiro atoms. The average Bonchev–Trinajstić information content (AvgIpc) is 3.00. The normalized spacial score (nSPS) is 16.6. The number of aliphatic carboxylic acids is 1. The number of carboxylic acid groups (broad SMARTS) is 1. The van der Waals surface area contributed by atoms with Gasteiger partial charge in [-0.3, -0.25) is 9.48 Å². The smallest absolute Gasteiger partial charge is 0.326 e.